The lowest BCUT2D eigenvalue weighted by Crippen LogP contribution is -2.58. The minimum atomic E-state index is -4.99. The van der Waals surface area contributed by atoms with Crippen molar-refractivity contribution in [2.45, 2.75) is 43.5 Å². The molecule has 0 radical (unpaired) electrons. The fourth-order valence-electron chi connectivity index (χ4n) is 6.87. The number of rotatable bonds is 3. The number of carbonyl (C=O) groups is 1. The number of thioether (sulfide) groups is 2. The molecule has 4 aromatic rings. The van der Waals surface area contributed by atoms with Crippen LogP contribution in [-0.4, -0.2) is 67.8 Å². The number of alkyl halides is 3. The van der Waals surface area contributed by atoms with Crippen molar-refractivity contribution in [3.8, 4) is 11.1 Å². The van der Waals surface area contributed by atoms with E-state index in [2.05, 4.69) is 16.5 Å². The summed E-state index contributed by atoms with van der Waals surface area (Å²) in [5, 5.41) is -0.0403. The molecule has 3 aliphatic heterocycles. The van der Waals surface area contributed by atoms with E-state index in [0.717, 1.165) is 17.8 Å². The molecule has 2 atom stereocenters. The summed E-state index contributed by atoms with van der Waals surface area (Å²) in [4.78, 5) is 38.3. The molecule has 16 heteroatoms. The molecule has 0 unspecified atom stereocenters. The Morgan fingerprint density at radius 2 is 1.78 bits per heavy atom. The van der Waals surface area contributed by atoms with E-state index in [0.29, 0.717) is 34.7 Å². The second kappa shape index (κ2) is 10.8. The maximum Gasteiger partial charge on any atom is 0.417 e. The maximum atomic E-state index is 15.9. The van der Waals surface area contributed by atoms with Crippen molar-refractivity contribution in [3.05, 3.63) is 52.5 Å². The molecule has 2 aromatic heterocycles. The lowest BCUT2D eigenvalue weighted by atomic mass is 9.93. The van der Waals surface area contributed by atoms with Gasteiger partial charge in [0.15, 0.2) is 5.13 Å². The third kappa shape index (κ3) is 4.77. The molecule has 0 saturated carbocycles. The molecule has 7 rings (SSSR count). The number of thiazole rings is 1. The number of hydrogen-bond donors (Lipinski definition) is 1. The van der Waals surface area contributed by atoms with E-state index in [1.54, 1.807) is 21.6 Å². The summed E-state index contributed by atoms with van der Waals surface area (Å²) in [7, 11) is 0. The van der Waals surface area contributed by atoms with Gasteiger partial charge in [0.1, 0.15) is 17.5 Å². The van der Waals surface area contributed by atoms with Crippen LogP contribution in [0.5, 0.6) is 0 Å². The van der Waals surface area contributed by atoms with Crippen molar-refractivity contribution >= 4 is 72.8 Å². The molecule has 2 fully saturated rings. The van der Waals surface area contributed by atoms with Crippen LogP contribution in [0.15, 0.2) is 34.5 Å². The fourth-order valence-corrected chi connectivity index (χ4v) is 10.5. The van der Waals surface area contributed by atoms with E-state index in [9.17, 15) is 14.0 Å². The van der Waals surface area contributed by atoms with E-state index in [-0.39, 0.29) is 80.0 Å². The summed E-state index contributed by atoms with van der Waals surface area (Å²) in [5.74, 6) is -0.661. The Balaban J connectivity index is 1.56. The fraction of sp³-hybridized carbons (Fsp3) is 0.400. The largest absolute Gasteiger partial charge is 0.417 e. The first-order valence-electron chi connectivity index (χ1n) is 14.4. The summed E-state index contributed by atoms with van der Waals surface area (Å²) in [6.07, 6.45) is -3.77. The molecular formula is C30H27F5N6O2S3. The van der Waals surface area contributed by atoms with Crippen LogP contribution in [0.25, 0.3) is 32.2 Å². The Kier molecular flexibility index (Phi) is 7.36. The molecule has 2 aromatic carbocycles. The Hall–Kier alpha value is -3.37. The van der Waals surface area contributed by atoms with Gasteiger partial charge in [-0.05, 0) is 26.0 Å². The molecule has 2 N–H and O–H groups in total. The smallest absolute Gasteiger partial charge is 0.375 e. The minimum Gasteiger partial charge on any atom is -0.375 e. The van der Waals surface area contributed by atoms with Gasteiger partial charge in [-0.2, -0.15) is 29.9 Å². The minimum absolute atomic E-state index is 0.0549. The number of benzene rings is 2. The Bertz CT molecular complexity index is 2010. The van der Waals surface area contributed by atoms with Gasteiger partial charge in [-0.25, -0.2) is 18.6 Å². The molecule has 1 spiro atoms. The molecule has 5 heterocycles. The van der Waals surface area contributed by atoms with E-state index < -0.39 is 40.2 Å². The van der Waals surface area contributed by atoms with Crippen molar-refractivity contribution in [1.82, 2.24) is 19.4 Å². The topological polar surface area (TPSA) is 97.4 Å². The highest BCUT2D eigenvalue weighted by Crippen LogP contribution is 2.54. The lowest BCUT2D eigenvalue weighted by Gasteiger charge is -2.44. The molecule has 3 aliphatic rings. The SMILES string of the molecule is C=CC(=O)N1[C@H](C)CN(c2nc(=O)n3c4c(c(-c5c(F)cc(F)c6sc(N)nc56)c(C(F)(F)F)cc24)SCC2(CSC2)C3)C[C@@H]1C. The normalized spacial score (nSPS) is 21.1. The third-order valence-corrected chi connectivity index (χ3v) is 12.8. The van der Waals surface area contributed by atoms with Gasteiger partial charge in [0.05, 0.1) is 21.3 Å². The van der Waals surface area contributed by atoms with Crippen molar-refractivity contribution in [2.24, 2.45) is 5.41 Å². The zero-order valence-corrected chi connectivity index (χ0v) is 27.0. The number of nitrogen functional groups attached to an aromatic ring is 1. The van der Waals surface area contributed by atoms with Gasteiger partial charge in [0.25, 0.3) is 0 Å². The highest BCUT2D eigenvalue weighted by molar-refractivity contribution is 8.01. The first kappa shape index (κ1) is 31.2. The Labute approximate surface area is 271 Å². The van der Waals surface area contributed by atoms with Gasteiger partial charge in [-0.3, -0.25) is 9.36 Å². The van der Waals surface area contributed by atoms with Crippen molar-refractivity contribution in [1.29, 1.82) is 0 Å². The number of nitrogens with two attached hydrogens (primary N) is 1. The third-order valence-electron chi connectivity index (χ3n) is 8.82. The molecule has 46 heavy (non-hydrogen) atoms. The summed E-state index contributed by atoms with van der Waals surface area (Å²) in [6, 6.07) is 0.731. The van der Waals surface area contributed by atoms with E-state index in [4.69, 9.17) is 5.73 Å². The number of aromatic nitrogens is 3. The number of hydrogen-bond acceptors (Lipinski definition) is 9. The van der Waals surface area contributed by atoms with Gasteiger partial charge >= 0.3 is 11.9 Å². The summed E-state index contributed by atoms with van der Waals surface area (Å²) in [6.45, 7) is 7.82. The Morgan fingerprint density at radius 1 is 1.09 bits per heavy atom. The van der Waals surface area contributed by atoms with Crippen LogP contribution in [0.4, 0.5) is 32.9 Å². The van der Waals surface area contributed by atoms with Gasteiger partial charge < -0.3 is 15.5 Å². The summed E-state index contributed by atoms with van der Waals surface area (Å²) < 4.78 is 77.5. The molecule has 2 saturated heterocycles. The predicted octanol–water partition coefficient (Wildman–Crippen LogP) is 6.00. The van der Waals surface area contributed by atoms with E-state index in [1.165, 1.54) is 10.6 Å². The number of amides is 1. The number of fused-ring (bicyclic) bond motifs is 1. The van der Waals surface area contributed by atoms with Gasteiger partial charge in [0.2, 0.25) is 5.91 Å². The zero-order chi connectivity index (χ0) is 32.9. The van der Waals surface area contributed by atoms with Gasteiger partial charge in [-0.15, -0.1) is 11.8 Å². The van der Waals surface area contributed by atoms with E-state index >= 15 is 17.6 Å². The number of halogens is 5. The Morgan fingerprint density at radius 3 is 2.39 bits per heavy atom. The van der Waals surface area contributed by atoms with Crippen LogP contribution in [0, 0.1) is 17.0 Å². The van der Waals surface area contributed by atoms with Crippen molar-refractivity contribution < 1.29 is 26.7 Å². The molecule has 1 amide bonds. The van der Waals surface area contributed by atoms with Crippen LogP contribution >= 0.6 is 34.9 Å². The highest BCUT2D eigenvalue weighted by Gasteiger charge is 2.45. The van der Waals surface area contributed by atoms with Crippen LogP contribution in [0.3, 0.4) is 0 Å². The van der Waals surface area contributed by atoms with E-state index in [1.807, 2.05) is 13.8 Å². The lowest BCUT2D eigenvalue weighted by molar-refractivity contribution is -0.137. The van der Waals surface area contributed by atoms with Crippen molar-refractivity contribution in [3.63, 3.8) is 0 Å². The first-order valence-corrected chi connectivity index (χ1v) is 17.3. The van der Waals surface area contributed by atoms with Crippen LogP contribution in [0.2, 0.25) is 0 Å². The maximum absolute atomic E-state index is 15.9. The number of carbonyl (C=O) groups excluding carboxylic acids is 1. The van der Waals surface area contributed by atoms with Crippen LogP contribution < -0.4 is 16.3 Å². The predicted molar refractivity (Wildman–Crippen MR) is 173 cm³/mol. The average molecular weight is 695 g/mol. The summed E-state index contributed by atoms with van der Waals surface area (Å²) >= 11 is 3.53. The zero-order valence-electron chi connectivity index (χ0n) is 24.6. The molecule has 8 nitrogen and oxygen atoms in total. The quantitative estimate of drug-likeness (QED) is 0.206. The highest BCUT2D eigenvalue weighted by atomic mass is 32.2. The standard InChI is InChI=1S/C30H27F5N6O2S3/c1-4-19(42)41-13(2)7-39(8-14(41)3)26-15-5-16(30(33,34)35)20(21-17(31)6-18(32)24-22(21)37-27(36)46-24)25-23(15)40(28(43)38-26)9-29(12-45-25)10-44-11-29/h4-6,13-14H,1,7-12H2,2-3H3,(H2,36,37)/t13-,14+. The average Bonchev–Trinajstić information content (AvgIpc) is 3.24. The van der Waals surface area contributed by atoms with Gasteiger partial charge in [0, 0.05) is 81.9 Å². The second-order valence-electron chi connectivity index (χ2n) is 12.1. The molecular weight excluding hydrogens is 668 g/mol. The molecule has 0 aliphatic carbocycles. The number of anilines is 2. The van der Waals surface area contributed by atoms with Crippen LogP contribution in [-0.2, 0) is 17.5 Å². The molecule has 242 valence electrons. The van der Waals surface area contributed by atoms with Crippen molar-refractivity contribution in [2.75, 3.05) is 41.0 Å². The monoisotopic (exact) mass is 694 g/mol. The summed E-state index contributed by atoms with van der Waals surface area (Å²) in [5.41, 5.74) is 2.54. The second-order valence-corrected chi connectivity index (χ2v) is 15.1. The number of piperazine rings is 1. The molecule has 0 bridgehead atoms. The van der Waals surface area contributed by atoms with Crippen LogP contribution in [0.1, 0.15) is 19.4 Å². The first-order chi connectivity index (χ1) is 21.7. The number of nitrogens with zero attached hydrogens (tertiary/aromatic N) is 5. The van der Waals surface area contributed by atoms with Gasteiger partial charge in [-0.1, -0.05) is 17.9 Å².